The molecule has 0 bridgehead atoms. The van der Waals surface area contributed by atoms with Gasteiger partial charge < -0.3 is 9.47 Å². The van der Waals surface area contributed by atoms with Crippen molar-refractivity contribution in [1.29, 1.82) is 0 Å². The van der Waals surface area contributed by atoms with Crippen LogP contribution in [-0.2, 0) is 4.74 Å². The number of hydrogen-bond acceptors (Lipinski definition) is 4. The summed E-state index contributed by atoms with van der Waals surface area (Å²) in [6.45, 7) is 14.4. The molecular formula is C26H32N2O3. The molecule has 0 atom stereocenters. The number of benzene rings is 2. The van der Waals surface area contributed by atoms with E-state index in [4.69, 9.17) is 14.6 Å². The minimum atomic E-state index is -0.592. The molecule has 164 valence electrons. The van der Waals surface area contributed by atoms with Gasteiger partial charge in [0.25, 0.3) is 0 Å². The standard InChI is InChI=1S/C26H32N2O3/c1-8-15-30-21-12-10-20(11-13-21)24-19(4)23(25(29)31-26(5,6)7)27-28(24)22-14-9-17(2)16-18(22)3/h9-14,16H,8,15H2,1-7H3. The number of aryl methyl sites for hydroxylation is 2. The van der Waals surface area contributed by atoms with Crippen molar-refractivity contribution in [2.75, 3.05) is 6.61 Å². The van der Waals surface area contributed by atoms with Crippen LogP contribution in [0.1, 0.15) is 61.3 Å². The Balaban J connectivity index is 2.14. The van der Waals surface area contributed by atoms with Gasteiger partial charge in [0.05, 0.1) is 18.0 Å². The van der Waals surface area contributed by atoms with Gasteiger partial charge in [0.2, 0.25) is 0 Å². The van der Waals surface area contributed by atoms with Gasteiger partial charge in [-0.25, -0.2) is 9.48 Å². The Hall–Kier alpha value is -3.08. The van der Waals surface area contributed by atoms with E-state index in [1.165, 1.54) is 5.56 Å². The lowest BCUT2D eigenvalue weighted by molar-refractivity contribution is 0.00616. The average molecular weight is 421 g/mol. The van der Waals surface area contributed by atoms with Crippen LogP contribution in [0, 0.1) is 20.8 Å². The molecule has 0 unspecified atom stereocenters. The van der Waals surface area contributed by atoms with Crippen molar-refractivity contribution in [3.8, 4) is 22.7 Å². The highest BCUT2D eigenvalue weighted by molar-refractivity contribution is 5.91. The quantitative estimate of drug-likeness (QED) is 0.445. The highest BCUT2D eigenvalue weighted by Gasteiger charge is 2.26. The fourth-order valence-electron chi connectivity index (χ4n) is 3.50. The van der Waals surface area contributed by atoms with Crippen molar-refractivity contribution < 1.29 is 14.3 Å². The second-order valence-electron chi connectivity index (χ2n) is 8.90. The van der Waals surface area contributed by atoms with Crippen LogP contribution in [0.25, 0.3) is 16.9 Å². The first-order chi connectivity index (χ1) is 14.6. The highest BCUT2D eigenvalue weighted by atomic mass is 16.6. The smallest absolute Gasteiger partial charge is 0.359 e. The van der Waals surface area contributed by atoms with Gasteiger partial charge in [0.15, 0.2) is 5.69 Å². The van der Waals surface area contributed by atoms with Crippen molar-refractivity contribution in [1.82, 2.24) is 9.78 Å². The van der Waals surface area contributed by atoms with Crippen molar-refractivity contribution in [2.24, 2.45) is 0 Å². The highest BCUT2D eigenvalue weighted by Crippen LogP contribution is 2.32. The number of nitrogens with zero attached hydrogens (tertiary/aromatic N) is 2. The third kappa shape index (κ3) is 5.16. The average Bonchev–Trinajstić information content (AvgIpc) is 3.02. The maximum Gasteiger partial charge on any atom is 0.359 e. The maximum atomic E-state index is 12.9. The zero-order valence-corrected chi connectivity index (χ0v) is 19.6. The SMILES string of the molecule is CCCOc1ccc(-c2c(C)c(C(=O)OC(C)(C)C)nn2-c2ccc(C)cc2C)cc1. The van der Waals surface area contributed by atoms with Crippen LogP contribution in [0.15, 0.2) is 42.5 Å². The van der Waals surface area contributed by atoms with E-state index in [-0.39, 0.29) is 0 Å². The van der Waals surface area contributed by atoms with Crippen LogP contribution in [-0.4, -0.2) is 28.0 Å². The van der Waals surface area contributed by atoms with E-state index in [1.807, 2.05) is 62.7 Å². The van der Waals surface area contributed by atoms with Crippen LogP contribution in [0.5, 0.6) is 5.75 Å². The molecule has 2 aromatic carbocycles. The molecule has 5 nitrogen and oxygen atoms in total. The summed E-state index contributed by atoms with van der Waals surface area (Å²) < 4.78 is 13.2. The Kier molecular flexibility index (Phi) is 6.54. The zero-order valence-electron chi connectivity index (χ0n) is 19.6. The summed E-state index contributed by atoms with van der Waals surface area (Å²) in [5.74, 6) is 0.408. The van der Waals surface area contributed by atoms with Crippen LogP contribution >= 0.6 is 0 Å². The Morgan fingerprint density at radius 3 is 2.29 bits per heavy atom. The molecular weight excluding hydrogens is 388 g/mol. The minimum Gasteiger partial charge on any atom is -0.494 e. The lowest BCUT2D eigenvalue weighted by Gasteiger charge is -2.18. The molecule has 0 fully saturated rings. The predicted molar refractivity (Wildman–Crippen MR) is 124 cm³/mol. The van der Waals surface area contributed by atoms with Gasteiger partial charge in [0.1, 0.15) is 11.4 Å². The Morgan fingerprint density at radius 1 is 1.03 bits per heavy atom. The number of carbonyl (C=O) groups is 1. The lowest BCUT2D eigenvalue weighted by Crippen LogP contribution is -2.24. The molecule has 1 heterocycles. The molecule has 31 heavy (non-hydrogen) atoms. The monoisotopic (exact) mass is 420 g/mol. The number of hydrogen-bond donors (Lipinski definition) is 0. The van der Waals surface area contributed by atoms with Crippen LogP contribution in [0.2, 0.25) is 0 Å². The zero-order chi connectivity index (χ0) is 22.8. The fraction of sp³-hybridized carbons (Fsp3) is 0.385. The number of esters is 1. The van der Waals surface area contributed by atoms with Gasteiger partial charge in [-0.1, -0.05) is 24.6 Å². The van der Waals surface area contributed by atoms with E-state index in [9.17, 15) is 4.79 Å². The molecule has 0 aliphatic rings. The summed E-state index contributed by atoms with van der Waals surface area (Å²) in [4.78, 5) is 12.9. The van der Waals surface area contributed by atoms with Gasteiger partial charge in [-0.15, -0.1) is 0 Å². The van der Waals surface area contributed by atoms with Crippen LogP contribution in [0.4, 0.5) is 0 Å². The molecule has 3 rings (SSSR count). The molecule has 0 N–H and O–H groups in total. The first-order valence-corrected chi connectivity index (χ1v) is 10.7. The van der Waals surface area contributed by atoms with Gasteiger partial charge in [-0.2, -0.15) is 5.10 Å². The molecule has 0 aliphatic carbocycles. The van der Waals surface area contributed by atoms with E-state index < -0.39 is 11.6 Å². The largest absolute Gasteiger partial charge is 0.494 e. The third-order valence-corrected chi connectivity index (χ3v) is 4.90. The molecule has 1 aromatic heterocycles. The number of rotatable bonds is 6. The third-order valence-electron chi connectivity index (χ3n) is 4.90. The molecule has 5 heteroatoms. The Morgan fingerprint density at radius 2 is 1.71 bits per heavy atom. The van der Waals surface area contributed by atoms with Gasteiger partial charge >= 0.3 is 5.97 Å². The second kappa shape index (κ2) is 8.96. The minimum absolute atomic E-state index is 0.330. The topological polar surface area (TPSA) is 53.4 Å². The second-order valence-corrected chi connectivity index (χ2v) is 8.90. The van der Waals surface area contributed by atoms with Crippen molar-refractivity contribution >= 4 is 5.97 Å². The first kappa shape index (κ1) is 22.6. The summed E-state index contributed by atoms with van der Waals surface area (Å²) in [6.07, 6.45) is 0.958. The van der Waals surface area contributed by atoms with Crippen LogP contribution < -0.4 is 4.74 Å². The van der Waals surface area contributed by atoms with Crippen molar-refractivity contribution in [3.63, 3.8) is 0 Å². The predicted octanol–water partition coefficient (Wildman–Crippen LogP) is 6.21. The molecule has 0 amide bonds. The normalized spacial score (nSPS) is 11.5. The summed E-state index contributed by atoms with van der Waals surface area (Å²) in [5, 5.41) is 4.71. The maximum absolute atomic E-state index is 12.9. The molecule has 0 radical (unpaired) electrons. The molecule has 0 aliphatic heterocycles. The van der Waals surface area contributed by atoms with Gasteiger partial charge in [-0.05, 0) is 83.9 Å². The van der Waals surface area contributed by atoms with E-state index in [1.54, 1.807) is 0 Å². The fourth-order valence-corrected chi connectivity index (χ4v) is 3.50. The summed E-state index contributed by atoms with van der Waals surface area (Å²) in [5.41, 5.74) is 5.56. The number of aromatic nitrogens is 2. The van der Waals surface area contributed by atoms with Gasteiger partial charge in [-0.3, -0.25) is 0 Å². The number of carbonyl (C=O) groups excluding carboxylic acids is 1. The summed E-state index contributed by atoms with van der Waals surface area (Å²) in [7, 11) is 0. The first-order valence-electron chi connectivity index (χ1n) is 10.7. The van der Waals surface area contributed by atoms with E-state index in [0.29, 0.717) is 12.3 Å². The molecule has 0 spiro atoms. The van der Waals surface area contributed by atoms with E-state index in [0.717, 1.165) is 40.2 Å². The van der Waals surface area contributed by atoms with Crippen LogP contribution in [0.3, 0.4) is 0 Å². The van der Waals surface area contributed by atoms with E-state index >= 15 is 0 Å². The summed E-state index contributed by atoms with van der Waals surface area (Å²) >= 11 is 0. The van der Waals surface area contributed by atoms with E-state index in [2.05, 4.69) is 32.9 Å². The lowest BCUT2D eigenvalue weighted by atomic mass is 10.0. The molecule has 3 aromatic rings. The van der Waals surface area contributed by atoms with Crippen molar-refractivity contribution in [2.45, 2.75) is 60.5 Å². The molecule has 0 saturated heterocycles. The Labute approximate surface area is 185 Å². The van der Waals surface area contributed by atoms with Crippen molar-refractivity contribution in [3.05, 3.63) is 64.8 Å². The Bertz CT molecular complexity index is 1070. The number of ether oxygens (including phenoxy) is 2. The summed E-state index contributed by atoms with van der Waals surface area (Å²) in [6, 6.07) is 14.1. The van der Waals surface area contributed by atoms with Gasteiger partial charge in [0, 0.05) is 11.1 Å². The molecule has 0 saturated carbocycles.